The van der Waals surface area contributed by atoms with E-state index in [1.165, 1.54) is 5.56 Å². The van der Waals surface area contributed by atoms with Gasteiger partial charge in [0.05, 0.1) is 0 Å². The fourth-order valence-corrected chi connectivity index (χ4v) is 1.17. The van der Waals surface area contributed by atoms with E-state index in [0.717, 1.165) is 11.3 Å². The first-order valence-corrected chi connectivity index (χ1v) is 5.15. The van der Waals surface area contributed by atoms with Crippen molar-refractivity contribution in [2.24, 2.45) is 0 Å². The number of ether oxygens (including phenoxy) is 1. The van der Waals surface area contributed by atoms with Crippen LogP contribution in [0, 0.1) is 6.92 Å². The number of hydrogen-bond donors (Lipinski definition) is 0. The van der Waals surface area contributed by atoms with Crippen molar-refractivity contribution < 1.29 is 4.74 Å². The van der Waals surface area contributed by atoms with Gasteiger partial charge in [0.1, 0.15) is 11.9 Å². The Morgan fingerprint density at radius 2 is 1.93 bits per heavy atom. The summed E-state index contributed by atoms with van der Waals surface area (Å²) in [5, 5.41) is 0. The molecule has 1 aromatic carbocycles. The molecule has 1 unspecified atom stereocenters. The fraction of sp³-hybridized carbons (Fsp3) is 0.286. The summed E-state index contributed by atoms with van der Waals surface area (Å²) in [7, 11) is 0. The van der Waals surface area contributed by atoms with Gasteiger partial charge in [0.25, 0.3) is 0 Å². The third-order valence-corrected chi connectivity index (χ3v) is 1.99. The number of rotatable bonds is 4. The molecule has 0 N–H and O–H groups in total. The zero-order valence-electron chi connectivity index (χ0n) is 9.66. The molecule has 1 atom stereocenters. The quantitative estimate of drug-likeness (QED) is 0.673. The first-order chi connectivity index (χ1) is 7.08. The van der Waals surface area contributed by atoms with Crippen LogP contribution >= 0.6 is 0 Å². The molecule has 0 radical (unpaired) electrons. The van der Waals surface area contributed by atoms with Crippen molar-refractivity contribution in [2.75, 3.05) is 0 Å². The van der Waals surface area contributed by atoms with E-state index in [1.807, 2.05) is 50.3 Å². The minimum Gasteiger partial charge on any atom is -0.487 e. The minimum atomic E-state index is 0.0735. The van der Waals surface area contributed by atoms with Crippen LogP contribution in [0.3, 0.4) is 0 Å². The summed E-state index contributed by atoms with van der Waals surface area (Å²) in [6.45, 7) is 9.85. The number of aryl methyl sites for hydroxylation is 1. The monoisotopic (exact) mass is 202 g/mol. The summed E-state index contributed by atoms with van der Waals surface area (Å²) in [4.78, 5) is 0. The van der Waals surface area contributed by atoms with Crippen molar-refractivity contribution in [1.29, 1.82) is 0 Å². The van der Waals surface area contributed by atoms with Crippen LogP contribution < -0.4 is 4.74 Å². The Morgan fingerprint density at radius 1 is 1.33 bits per heavy atom. The lowest BCUT2D eigenvalue weighted by Gasteiger charge is -2.10. The SMILES string of the molecule is C=C(C)/C=C\C(C)Oc1ccc(C)cc1. The Labute approximate surface area is 92.1 Å². The molecule has 0 aromatic heterocycles. The largest absolute Gasteiger partial charge is 0.487 e. The van der Waals surface area contributed by atoms with Crippen LogP contribution in [-0.4, -0.2) is 6.10 Å². The first-order valence-electron chi connectivity index (χ1n) is 5.15. The van der Waals surface area contributed by atoms with E-state index in [-0.39, 0.29) is 6.10 Å². The normalized spacial score (nSPS) is 12.7. The predicted octanol–water partition coefficient (Wildman–Crippen LogP) is 3.89. The molecule has 0 aliphatic rings. The molecule has 80 valence electrons. The van der Waals surface area contributed by atoms with E-state index in [2.05, 4.69) is 13.5 Å². The Kier molecular flexibility index (Phi) is 4.17. The molecular formula is C14H18O. The van der Waals surface area contributed by atoms with Gasteiger partial charge in [-0.25, -0.2) is 0 Å². The second kappa shape index (κ2) is 5.40. The summed E-state index contributed by atoms with van der Waals surface area (Å²) < 4.78 is 5.69. The average molecular weight is 202 g/mol. The highest BCUT2D eigenvalue weighted by Crippen LogP contribution is 2.13. The van der Waals surface area contributed by atoms with E-state index in [4.69, 9.17) is 4.74 Å². The summed E-state index contributed by atoms with van der Waals surface area (Å²) in [5.41, 5.74) is 2.28. The maximum absolute atomic E-state index is 5.69. The molecule has 0 saturated carbocycles. The molecular weight excluding hydrogens is 184 g/mol. The number of hydrogen-bond acceptors (Lipinski definition) is 1. The van der Waals surface area contributed by atoms with Crippen molar-refractivity contribution in [3.05, 3.63) is 54.1 Å². The van der Waals surface area contributed by atoms with Crippen LogP contribution in [0.1, 0.15) is 19.4 Å². The minimum absolute atomic E-state index is 0.0735. The first kappa shape index (κ1) is 11.6. The summed E-state index contributed by atoms with van der Waals surface area (Å²) >= 11 is 0. The van der Waals surface area contributed by atoms with E-state index < -0.39 is 0 Å². The van der Waals surface area contributed by atoms with Gasteiger partial charge in [0.2, 0.25) is 0 Å². The molecule has 1 rings (SSSR count). The zero-order chi connectivity index (χ0) is 11.3. The van der Waals surface area contributed by atoms with Crippen LogP contribution in [0.2, 0.25) is 0 Å². The number of benzene rings is 1. The second-order valence-electron chi connectivity index (χ2n) is 3.84. The molecule has 1 heteroatoms. The van der Waals surface area contributed by atoms with Crippen molar-refractivity contribution in [2.45, 2.75) is 26.9 Å². The van der Waals surface area contributed by atoms with Gasteiger partial charge in [-0.3, -0.25) is 0 Å². The van der Waals surface area contributed by atoms with E-state index in [0.29, 0.717) is 0 Å². The van der Waals surface area contributed by atoms with Crippen molar-refractivity contribution in [1.82, 2.24) is 0 Å². The van der Waals surface area contributed by atoms with E-state index in [1.54, 1.807) is 0 Å². The van der Waals surface area contributed by atoms with Gasteiger partial charge in [-0.05, 0) is 39.0 Å². The fourth-order valence-electron chi connectivity index (χ4n) is 1.17. The Bertz CT molecular complexity index is 346. The molecule has 0 bridgehead atoms. The lowest BCUT2D eigenvalue weighted by molar-refractivity contribution is 0.270. The summed E-state index contributed by atoms with van der Waals surface area (Å²) in [5.74, 6) is 0.902. The molecule has 1 nitrogen and oxygen atoms in total. The Hall–Kier alpha value is -1.50. The maximum atomic E-state index is 5.69. The smallest absolute Gasteiger partial charge is 0.120 e. The zero-order valence-corrected chi connectivity index (χ0v) is 9.66. The van der Waals surface area contributed by atoms with Gasteiger partial charge in [-0.2, -0.15) is 0 Å². The summed E-state index contributed by atoms with van der Waals surface area (Å²) in [6, 6.07) is 8.07. The molecule has 0 spiro atoms. The van der Waals surface area contributed by atoms with Gasteiger partial charge >= 0.3 is 0 Å². The Morgan fingerprint density at radius 3 is 2.47 bits per heavy atom. The van der Waals surface area contributed by atoms with Crippen molar-refractivity contribution in [3.8, 4) is 5.75 Å². The van der Waals surface area contributed by atoms with Crippen molar-refractivity contribution in [3.63, 3.8) is 0 Å². The molecule has 0 fully saturated rings. The molecule has 0 aliphatic heterocycles. The molecule has 0 saturated heterocycles. The highest BCUT2D eigenvalue weighted by atomic mass is 16.5. The highest BCUT2D eigenvalue weighted by Gasteiger charge is 1.98. The topological polar surface area (TPSA) is 9.23 Å². The standard InChI is InChI=1S/C14H18O/c1-11(2)5-8-13(4)15-14-9-6-12(3)7-10-14/h5-10,13H,1H2,2-4H3/b8-5-. The average Bonchev–Trinajstić information content (AvgIpc) is 2.19. The highest BCUT2D eigenvalue weighted by molar-refractivity contribution is 5.27. The van der Waals surface area contributed by atoms with Crippen LogP contribution in [0.15, 0.2) is 48.6 Å². The molecule has 15 heavy (non-hydrogen) atoms. The van der Waals surface area contributed by atoms with Crippen LogP contribution in [-0.2, 0) is 0 Å². The summed E-state index contributed by atoms with van der Waals surface area (Å²) in [6.07, 6.45) is 4.05. The van der Waals surface area contributed by atoms with Gasteiger partial charge < -0.3 is 4.74 Å². The van der Waals surface area contributed by atoms with E-state index >= 15 is 0 Å². The third-order valence-electron chi connectivity index (χ3n) is 1.99. The van der Waals surface area contributed by atoms with E-state index in [9.17, 15) is 0 Å². The van der Waals surface area contributed by atoms with Crippen LogP contribution in [0.5, 0.6) is 5.75 Å². The van der Waals surface area contributed by atoms with Gasteiger partial charge in [-0.15, -0.1) is 0 Å². The predicted molar refractivity (Wildman–Crippen MR) is 65.2 cm³/mol. The van der Waals surface area contributed by atoms with Crippen LogP contribution in [0.4, 0.5) is 0 Å². The molecule has 0 heterocycles. The molecule has 0 amide bonds. The number of allylic oxidation sites excluding steroid dienone is 2. The Balaban J connectivity index is 2.54. The lowest BCUT2D eigenvalue weighted by atomic mass is 10.2. The van der Waals surface area contributed by atoms with Crippen LogP contribution in [0.25, 0.3) is 0 Å². The van der Waals surface area contributed by atoms with Crippen molar-refractivity contribution >= 4 is 0 Å². The third kappa shape index (κ3) is 4.50. The lowest BCUT2D eigenvalue weighted by Crippen LogP contribution is -2.07. The van der Waals surface area contributed by atoms with Gasteiger partial charge in [0.15, 0.2) is 0 Å². The van der Waals surface area contributed by atoms with Gasteiger partial charge in [0, 0.05) is 0 Å². The molecule has 1 aromatic rings. The maximum Gasteiger partial charge on any atom is 0.120 e. The second-order valence-corrected chi connectivity index (χ2v) is 3.84. The van der Waals surface area contributed by atoms with Gasteiger partial charge in [-0.1, -0.05) is 35.9 Å². The molecule has 0 aliphatic carbocycles.